The molecule has 1 rings (SSSR count). The van der Waals surface area contributed by atoms with Gasteiger partial charge in [0.25, 0.3) is 11.8 Å². The fourth-order valence-electron chi connectivity index (χ4n) is 1.78. The molecule has 0 radical (unpaired) electrons. The Kier molecular flexibility index (Phi) is 8.21. The second-order valence-electron chi connectivity index (χ2n) is 5.00. The van der Waals surface area contributed by atoms with Gasteiger partial charge < -0.3 is 15.4 Å². The number of carbonyl (C=O) groups is 5. The van der Waals surface area contributed by atoms with Crippen molar-refractivity contribution in [1.29, 1.82) is 0 Å². The minimum absolute atomic E-state index is 0.0281. The number of imide groups is 1. The van der Waals surface area contributed by atoms with Crippen molar-refractivity contribution in [3.63, 3.8) is 0 Å². The van der Waals surface area contributed by atoms with Crippen LogP contribution in [-0.2, 0) is 28.7 Å². The topological polar surface area (TPSA) is 122 Å². The first kappa shape index (κ1) is 19.9. The van der Waals surface area contributed by atoms with Gasteiger partial charge in [0.05, 0.1) is 26.3 Å². The summed E-state index contributed by atoms with van der Waals surface area (Å²) in [5.74, 6) is -1.61. The van der Waals surface area contributed by atoms with Crippen molar-refractivity contribution in [3.05, 3.63) is 12.2 Å². The van der Waals surface area contributed by atoms with Gasteiger partial charge in [0.15, 0.2) is 5.52 Å². The molecule has 0 aromatic heterocycles. The number of rotatable bonds is 10. The van der Waals surface area contributed by atoms with Crippen LogP contribution in [0.3, 0.4) is 0 Å². The first-order valence-electron chi connectivity index (χ1n) is 7.28. The van der Waals surface area contributed by atoms with Crippen molar-refractivity contribution >= 4 is 38.4 Å². The van der Waals surface area contributed by atoms with Crippen LogP contribution < -0.4 is 10.6 Å². The van der Waals surface area contributed by atoms with Crippen LogP contribution in [0, 0.1) is 0 Å². The second kappa shape index (κ2) is 9.89. The minimum atomic E-state index is -0.771. The maximum absolute atomic E-state index is 11.6. The number of hydrogen-bond acceptors (Lipinski definition) is 6. The van der Waals surface area contributed by atoms with Crippen LogP contribution in [0.25, 0.3) is 0 Å². The Balaban J connectivity index is 2.13. The van der Waals surface area contributed by atoms with E-state index in [-0.39, 0.29) is 56.0 Å². The summed E-state index contributed by atoms with van der Waals surface area (Å²) in [4.78, 5) is 57.5. The van der Waals surface area contributed by atoms with E-state index in [0.717, 1.165) is 4.90 Å². The third-order valence-electron chi connectivity index (χ3n) is 3.04. The van der Waals surface area contributed by atoms with E-state index >= 15 is 0 Å². The van der Waals surface area contributed by atoms with Gasteiger partial charge in [0.1, 0.15) is 6.04 Å². The molecule has 0 spiro atoms. The molecule has 4 amide bonds. The maximum Gasteiger partial charge on any atom is 0.253 e. The zero-order valence-corrected chi connectivity index (χ0v) is 14.4. The number of nitrogens with one attached hydrogen (secondary N) is 2. The summed E-state index contributed by atoms with van der Waals surface area (Å²) in [6.45, 7) is 1.72. The van der Waals surface area contributed by atoms with E-state index in [1.807, 2.05) is 9.24 Å². The second-order valence-corrected chi connectivity index (χ2v) is 5.64. The van der Waals surface area contributed by atoms with Crippen molar-refractivity contribution in [1.82, 2.24) is 15.5 Å². The third-order valence-corrected chi connectivity index (χ3v) is 3.24. The molecule has 0 saturated heterocycles. The van der Waals surface area contributed by atoms with Gasteiger partial charge in [0.2, 0.25) is 11.8 Å². The molecular weight excluding hydrogens is 337 g/mol. The number of nitrogens with zero attached hydrogens (tertiary/aromatic N) is 1. The van der Waals surface area contributed by atoms with E-state index in [1.165, 1.54) is 19.1 Å². The van der Waals surface area contributed by atoms with E-state index in [9.17, 15) is 24.0 Å². The Morgan fingerprint density at radius 1 is 1.21 bits per heavy atom. The molecule has 10 heteroatoms. The molecule has 1 aliphatic heterocycles. The third kappa shape index (κ3) is 6.97. The lowest BCUT2D eigenvalue weighted by molar-refractivity contribution is -0.138. The average Bonchev–Trinajstić information content (AvgIpc) is 2.83. The summed E-state index contributed by atoms with van der Waals surface area (Å²) < 4.78 is 5.20. The largest absolute Gasteiger partial charge is 0.379 e. The van der Waals surface area contributed by atoms with Crippen LogP contribution in [0.15, 0.2) is 12.2 Å². The highest BCUT2D eigenvalue weighted by molar-refractivity contribution is 7.40. The number of amides is 4. The predicted octanol–water partition coefficient (Wildman–Crippen LogP) is -1.66. The molecule has 2 unspecified atom stereocenters. The van der Waals surface area contributed by atoms with Crippen LogP contribution in [0.4, 0.5) is 0 Å². The van der Waals surface area contributed by atoms with Crippen LogP contribution in [-0.4, -0.2) is 66.4 Å². The molecule has 2 atom stereocenters. The molecule has 0 aromatic rings. The van der Waals surface area contributed by atoms with Gasteiger partial charge in [-0.15, -0.1) is 0 Å². The van der Waals surface area contributed by atoms with Crippen molar-refractivity contribution in [2.24, 2.45) is 0 Å². The fraction of sp³-hybridized carbons (Fsp3) is 0.500. The molecule has 24 heavy (non-hydrogen) atoms. The summed E-state index contributed by atoms with van der Waals surface area (Å²) in [5.41, 5.74) is -0.263. The molecular formula is C14H20N3O6P. The van der Waals surface area contributed by atoms with Gasteiger partial charge in [0, 0.05) is 18.6 Å². The first-order valence-corrected chi connectivity index (χ1v) is 7.85. The molecule has 0 saturated carbocycles. The highest BCUT2D eigenvalue weighted by atomic mass is 31.0. The zero-order chi connectivity index (χ0) is 18.1. The molecule has 1 aliphatic rings. The first-order chi connectivity index (χ1) is 11.3. The fourth-order valence-corrected chi connectivity index (χ4v) is 1.88. The Morgan fingerprint density at radius 2 is 1.83 bits per heavy atom. The minimum Gasteiger partial charge on any atom is -0.379 e. The standard InChI is InChI=1S/C14H20N3O6P/c1-9(14(22)15-8-13(21)24)16-10(18)4-6-23-7-5-17-11(19)2-3-12(17)20/h2-3,9H,4-8,24H2,1H3,(H,15,22)(H,16,18). The molecule has 0 fully saturated rings. The Bertz CT molecular complexity index is 545. The number of hydrogen-bond donors (Lipinski definition) is 2. The predicted molar refractivity (Wildman–Crippen MR) is 86.6 cm³/mol. The molecule has 9 nitrogen and oxygen atoms in total. The van der Waals surface area contributed by atoms with E-state index in [1.54, 1.807) is 0 Å². The lowest BCUT2D eigenvalue weighted by atomic mass is 10.3. The summed E-state index contributed by atoms with van der Waals surface area (Å²) >= 11 is 0. The van der Waals surface area contributed by atoms with Gasteiger partial charge in [-0.25, -0.2) is 0 Å². The molecule has 0 bridgehead atoms. The van der Waals surface area contributed by atoms with Crippen LogP contribution in [0.2, 0.25) is 0 Å². The highest BCUT2D eigenvalue weighted by Crippen LogP contribution is 2.02. The van der Waals surface area contributed by atoms with Gasteiger partial charge in [-0.3, -0.25) is 28.9 Å². The van der Waals surface area contributed by atoms with Gasteiger partial charge in [-0.05, 0) is 6.92 Å². The van der Waals surface area contributed by atoms with Crippen LogP contribution >= 0.6 is 9.24 Å². The SMILES string of the molecule is CC(NC(=O)CCOCCN1C(=O)C=CC1=O)C(=O)NCC(=O)P. The van der Waals surface area contributed by atoms with Crippen molar-refractivity contribution in [2.75, 3.05) is 26.3 Å². The lowest BCUT2D eigenvalue weighted by Gasteiger charge is -2.15. The molecule has 132 valence electrons. The summed E-state index contributed by atoms with van der Waals surface area (Å²) in [6, 6.07) is -0.771. The Morgan fingerprint density at radius 3 is 2.42 bits per heavy atom. The van der Waals surface area contributed by atoms with Crippen LogP contribution in [0.1, 0.15) is 13.3 Å². The van der Waals surface area contributed by atoms with E-state index in [4.69, 9.17) is 4.74 Å². The molecule has 0 aliphatic carbocycles. The Hall–Kier alpha value is -2.12. The molecule has 2 N–H and O–H groups in total. The van der Waals surface area contributed by atoms with Crippen molar-refractivity contribution in [2.45, 2.75) is 19.4 Å². The smallest absolute Gasteiger partial charge is 0.253 e. The van der Waals surface area contributed by atoms with E-state index < -0.39 is 11.9 Å². The van der Waals surface area contributed by atoms with Gasteiger partial charge >= 0.3 is 0 Å². The molecule has 0 aromatic carbocycles. The molecule has 1 heterocycles. The Labute approximate surface area is 141 Å². The number of carbonyl (C=O) groups excluding carboxylic acids is 5. The summed E-state index contributed by atoms with van der Waals surface area (Å²) in [6.07, 6.45) is 2.40. The summed E-state index contributed by atoms with van der Waals surface area (Å²) in [5, 5.41) is 4.84. The normalized spacial score (nSPS) is 14.7. The number of ether oxygens (including phenoxy) is 1. The van der Waals surface area contributed by atoms with Crippen molar-refractivity contribution < 1.29 is 28.7 Å². The quantitative estimate of drug-likeness (QED) is 0.274. The monoisotopic (exact) mass is 357 g/mol. The van der Waals surface area contributed by atoms with E-state index in [2.05, 4.69) is 10.6 Å². The average molecular weight is 357 g/mol. The van der Waals surface area contributed by atoms with E-state index in [0.29, 0.717) is 0 Å². The maximum atomic E-state index is 11.6. The van der Waals surface area contributed by atoms with Crippen LogP contribution in [0.5, 0.6) is 0 Å². The highest BCUT2D eigenvalue weighted by Gasteiger charge is 2.22. The van der Waals surface area contributed by atoms with Gasteiger partial charge in [-0.1, -0.05) is 9.24 Å². The summed E-state index contributed by atoms with van der Waals surface area (Å²) in [7, 11) is 1.94. The van der Waals surface area contributed by atoms with Gasteiger partial charge in [-0.2, -0.15) is 0 Å². The van der Waals surface area contributed by atoms with Crippen molar-refractivity contribution in [3.8, 4) is 0 Å². The lowest BCUT2D eigenvalue weighted by Crippen LogP contribution is -2.45. The zero-order valence-electron chi connectivity index (χ0n) is 13.2.